The number of hydrogen-bond donors (Lipinski definition) is 1. The van der Waals surface area contributed by atoms with Crippen LogP contribution in [0, 0.1) is 5.83 Å². The molecule has 0 aromatic heterocycles. The van der Waals surface area contributed by atoms with Crippen LogP contribution in [0.3, 0.4) is 0 Å². The molecule has 0 aliphatic carbocycles. The molecule has 36 valence electrons. The van der Waals surface area contributed by atoms with Crippen molar-refractivity contribution in [3.63, 3.8) is 0 Å². The summed E-state index contributed by atoms with van der Waals surface area (Å²) in [4.78, 5) is 0. The van der Waals surface area contributed by atoms with Gasteiger partial charge >= 0.3 is 21.8 Å². The number of hydrogen-bond acceptors (Lipinski definition) is 2. The summed E-state index contributed by atoms with van der Waals surface area (Å²) in [5.41, 5.74) is 0. The molecule has 0 fully saturated rings. The summed E-state index contributed by atoms with van der Waals surface area (Å²) in [7, 11) is 1.00. The van der Waals surface area contributed by atoms with Crippen molar-refractivity contribution in [2.45, 2.75) is 0 Å². The third-order valence-corrected chi connectivity index (χ3v) is 0. The number of aliphatic hydroxyl groups excluding tert-OH is 1. The van der Waals surface area contributed by atoms with Crippen LogP contribution in [0.25, 0.3) is 0 Å². The van der Waals surface area contributed by atoms with E-state index in [2.05, 4.69) is 21.8 Å². The van der Waals surface area contributed by atoms with Crippen LogP contribution < -0.4 is 0 Å². The first-order valence-corrected chi connectivity index (χ1v) is 3.34. The molecule has 0 aromatic carbocycles. The topological polar surface area (TPSA) is 37.3 Å². The van der Waals surface area contributed by atoms with Gasteiger partial charge in [0.15, 0.2) is 0 Å². The maximum absolute atomic E-state index is 8.38. The Morgan fingerprint density at radius 3 is 1.50 bits per heavy atom. The summed E-state index contributed by atoms with van der Waals surface area (Å²) in [5, 5.41) is 7.00. The van der Waals surface area contributed by atoms with Gasteiger partial charge in [0.2, 0.25) is 0 Å². The Bertz CT molecular complexity index is 11.5. The molecule has 0 spiro atoms. The van der Waals surface area contributed by atoms with Gasteiger partial charge in [-0.3, -0.25) is 5.83 Å². The van der Waals surface area contributed by atoms with Crippen molar-refractivity contribution in [3.8, 4) is 0 Å². The van der Waals surface area contributed by atoms with Crippen molar-refractivity contribution < 1.29 is 26.9 Å². The van der Waals surface area contributed by atoms with Crippen molar-refractivity contribution in [2.75, 3.05) is 7.11 Å². The first-order valence-electron chi connectivity index (χ1n) is 1.00. The van der Waals surface area contributed by atoms with Crippen molar-refractivity contribution in [1.29, 1.82) is 0 Å². The summed E-state index contributed by atoms with van der Waals surface area (Å²) < 4.78 is 8.38. The molecule has 2 nitrogen and oxygen atoms in total. The molecule has 0 aromatic rings. The zero-order valence-electron chi connectivity index (χ0n) is 3.65. The van der Waals surface area contributed by atoms with Crippen LogP contribution in [0.1, 0.15) is 0 Å². The Kier molecular flexibility index (Phi) is 490. The first-order chi connectivity index (χ1) is 3.00. The fourth-order valence-corrected chi connectivity index (χ4v) is 0. The molecular weight excluding hydrogens is 201 g/mol. The van der Waals surface area contributed by atoms with Gasteiger partial charge in [0.05, 0.1) is 0 Å². The number of rotatable bonds is 0. The third kappa shape index (κ3) is 97.4. The average Bonchev–Trinajstić information content (AvgIpc) is 1.81. The van der Waals surface area contributed by atoms with Crippen LogP contribution in [0.4, 0.5) is 0 Å². The molecule has 4 heteroatoms. The molecule has 0 amide bonds. The number of halogens is 1. The van der Waals surface area contributed by atoms with Gasteiger partial charge < -0.3 is 21.0 Å². The second-order valence-electron chi connectivity index (χ2n) is 0. The summed E-state index contributed by atoms with van der Waals surface area (Å²) in [6.07, 6.45) is 0. The van der Waals surface area contributed by atoms with Crippen LogP contribution in [0.2, 0.25) is 0 Å². The van der Waals surface area contributed by atoms with E-state index in [0.29, 0.717) is 0 Å². The van der Waals surface area contributed by atoms with Crippen molar-refractivity contribution in [3.05, 3.63) is 5.83 Å². The van der Waals surface area contributed by atoms with Gasteiger partial charge in [-0.15, -0.1) is 0 Å². The van der Waals surface area contributed by atoms with E-state index < -0.39 is 0 Å². The van der Waals surface area contributed by atoms with Crippen molar-refractivity contribution >= 4 is 15.9 Å². The van der Waals surface area contributed by atoms with Crippen molar-refractivity contribution in [2.24, 2.45) is 0 Å². The summed E-state index contributed by atoms with van der Waals surface area (Å²) in [5.74, 6) is 3.06. The van der Waals surface area contributed by atoms with Gasteiger partial charge in [-0.1, -0.05) is 0 Å². The van der Waals surface area contributed by atoms with Gasteiger partial charge in [0.1, 0.15) is 0 Å². The first kappa shape index (κ1) is 15.8. The van der Waals surface area contributed by atoms with Crippen molar-refractivity contribution in [1.82, 2.24) is 0 Å². The minimum atomic E-state index is 0.125. The Morgan fingerprint density at radius 2 is 1.50 bits per heavy atom. The second-order valence-corrected chi connectivity index (χ2v) is 0. The standard InChI is InChI=1S/CH2Br.CH4O.O.Zn/c2*1-2;;/h1H2;2H,1H3;;/q-1;;;. The van der Waals surface area contributed by atoms with E-state index >= 15 is 0 Å². The van der Waals surface area contributed by atoms with Crippen LogP contribution in [-0.2, 0) is 21.8 Å². The Hall–Kier alpha value is 0.863. The van der Waals surface area contributed by atoms with E-state index in [0.717, 1.165) is 7.11 Å². The normalized spacial score (nSPS) is 3.00. The molecule has 0 bridgehead atoms. The van der Waals surface area contributed by atoms with E-state index in [9.17, 15) is 0 Å². The van der Waals surface area contributed by atoms with Gasteiger partial charge in [-0.25, -0.2) is 0 Å². The molecule has 0 saturated heterocycles. The van der Waals surface area contributed by atoms with E-state index in [-0.39, 0.29) is 18.3 Å². The van der Waals surface area contributed by atoms with E-state index in [1.54, 1.807) is 0 Å². The molecule has 6 heavy (non-hydrogen) atoms. The Morgan fingerprint density at radius 1 is 1.50 bits per heavy atom. The Labute approximate surface area is 56.0 Å². The predicted molar refractivity (Wildman–Crippen MR) is 23.1 cm³/mol. The zero-order valence-corrected chi connectivity index (χ0v) is 8.20. The molecule has 0 aliphatic heterocycles. The molecule has 0 radical (unpaired) electrons. The maximum atomic E-state index is 8.38. The van der Waals surface area contributed by atoms with E-state index in [1.165, 1.54) is 0 Å². The van der Waals surface area contributed by atoms with E-state index in [4.69, 9.17) is 8.68 Å². The molecule has 0 saturated carbocycles. The molecule has 0 rings (SSSR count). The van der Waals surface area contributed by atoms with Gasteiger partial charge in [0, 0.05) is 7.11 Å². The fourth-order valence-electron chi connectivity index (χ4n) is 0. The summed E-state index contributed by atoms with van der Waals surface area (Å²) in [6, 6.07) is 0. The minimum absolute atomic E-state index is 0.125. The van der Waals surface area contributed by atoms with Crippen LogP contribution >= 0.6 is 15.9 Å². The zero-order chi connectivity index (χ0) is 6.00. The number of aliphatic hydroxyl groups is 1. The second kappa shape index (κ2) is 186. The SMILES string of the molecule is CO.[CH2-]Br.[O]=[Zn]. The van der Waals surface area contributed by atoms with E-state index in [1.807, 2.05) is 0 Å². The fraction of sp³-hybridized carbons (Fsp3) is 0.500. The summed E-state index contributed by atoms with van der Waals surface area (Å²) in [6.45, 7) is 0. The summed E-state index contributed by atoms with van der Waals surface area (Å²) >= 11 is 2.81. The monoisotopic (exact) mass is 205 g/mol. The van der Waals surface area contributed by atoms with Crippen LogP contribution in [-0.4, -0.2) is 12.2 Å². The predicted octanol–water partition coefficient (Wildman–Crippen LogP) is 0.660. The third-order valence-electron chi connectivity index (χ3n) is 0. The molecule has 1 N–H and O–H groups in total. The van der Waals surface area contributed by atoms with Gasteiger partial charge in [-0.2, -0.15) is 0 Å². The average molecular weight is 207 g/mol. The molecular formula is C2H6BrO2Zn-. The molecule has 0 unspecified atom stereocenters. The van der Waals surface area contributed by atoms with Crippen LogP contribution in [0.15, 0.2) is 0 Å². The quantitative estimate of drug-likeness (QED) is 0.468. The van der Waals surface area contributed by atoms with Gasteiger partial charge in [-0.05, 0) is 0 Å². The molecule has 0 heterocycles. The molecule has 0 aliphatic rings. The Balaban J connectivity index is -0.0000000225. The van der Waals surface area contributed by atoms with Gasteiger partial charge in [0.25, 0.3) is 0 Å². The van der Waals surface area contributed by atoms with Crippen LogP contribution in [0.5, 0.6) is 0 Å². The molecule has 0 atom stereocenters.